The Labute approximate surface area is 102 Å². The first-order chi connectivity index (χ1) is 8.31. The van der Waals surface area contributed by atoms with E-state index in [9.17, 15) is 0 Å². The van der Waals surface area contributed by atoms with E-state index in [1.165, 1.54) is 6.33 Å². The van der Waals surface area contributed by atoms with E-state index in [0.29, 0.717) is 19.7 Å². The molecule has 2 N–H and O–H groups in total. The highest BCUT2D eigenvalue weighted by Crippen LogP contribution is 2.13. The lowest BCUT2D eigenvalue weighted by Gasteiger charge is -2.22. The summed E-state index contributed by atoms with van der Waals surface area (Å²) in [5.41, 5.74) is 0. The minimum atomic E-state index is 0.0876. The van der Waals surface area contributed by atoms with Crippen LogP contribution in [0.25, 0.3) is 0 Å². The number of nitrogens with one attached hydrogen (secondary N) is 1. The third-order valence-electron chi connectivity index (χ3n) is 2.27. The van der Waals surface area contributed by atoms with E-state index < -0.39 is 0 Å². The van der Waals surface area contributed by atoms with E-state index in [4.69, 9.17) is 9.84 Å². The van der Waals surface area contributed by atoms with Crippen LogP contribution in [-0.2, 0) is 4.74 Å². The number of nitrogens with zero attached hydrogens (tertiary/aromatic N) is 3. The maximum Gasteiger partial charge on any atom is 0.134 e. The summed E-state index contributed by atoms with van der Waals surface area (Å²) in [5, 5.41) is 12.2. The molecule has 1 heterocycles. The van der Waals surface area contributed by atoms with Crippen LogP contribution in [0.1, 0.15) is 6.92 Å². The van der Waals surface area contributed by atoms with Crippen LogP contribution in [-0.4, -0.2) is 55.0 Å². The Hall–Kier alpha value is -1.40. The molecule has 17 heavy (non-hydrogen) atoms. The highest BCUT2D eigenvalue weighted by molar-refractivity contribution is 5.48. The van der Waals surface area contributed by atoms with Gasteiger partial charge in [-0.2, -0.15) is 0 Å². The first-order valence-electron chi connectivity index (χ1n) is 5.72. The Balaban J connectivity index is 2.73. The molecule has 0 aromatic carbocycles. The lowest BCUT2D eigenvalue weighted by atomic mass is 10.4. The second-order valence-corrected chi connectivity index (χ2v) is 3.50. The van der Waals surface area contributed by atoms with Gasteiger partial charge in [-0.1, -0.05) is 0 Å². The molecule has 0 aliphatic rings. The number of aliphatic hydroxyl groups is 1. The quantitative estimate of drug-likeness (QED) is 0.683. The van der Waals surface area contributed by atoms with Crippen molar-refractivity contribution in [2.75, 3.05) is 50.2 Å². The second-order valence-electron chi connectivity index (χ2n) is 3.50. The van der Waals surface area contributed by atoms with E-state index in [0.717, 1.165) is 18.2 Å². The lowest BCUT2D eigenvalue weighted by molar-refractivity contribution is 0.202. The number of hydrogen-bond acceptors (Lipinski definition) is 6. The Morgan fingerprint density at radius 2 is 2.24 bits per heavy atom. The van der Waals surface area contributed by atoms with Gasteiger partial charge in [0.1, 0.15) is 18.0 Å². The third kappa shape index (κ3) is 4.54. The van der Waals surface area contributed by atoms with Crippen molar-refractivity contribution in [2.45, 2.75) is 6.92 Å². The molecule has 1 aromatic heterocycles. The fraction of sp³-hybridized carbons (Fsp3) is 0.636. The van der Waals surface area contributed by atoms with Gasteiger partial charge >= 0.3 is 0 Å². The summed E-state index contributed by atoms with van der Waals surface area (Å²) in [6.07, 6.45) is 1.52. The summed E-state index contributed by atoms with van der Waals surface area (Å²) in [6.45, 7) is 4.74. The van der Waals surface area contributed by atoms with Crippen LogP contribution in [0, 0.1) is 0 Å². The van der Waals surface area contributed by atoms with E-state index in [1.54, 1.807) is 7.11 Å². The molecule has 0 atom stereocenters. The van der Waals surface area contributed by atoms with Crippen molar-refractivity contribution in [2.24, 2.45) is 0 Å². The summed E-state index contributed by atoms with van der Waals surface area (Å²) in [4.78, 5) is 10.3. The third-order valence-corrected chi connectivity index (χ3v) is 2.27. The molecule has 6 nitrogen and oxygen atoms in total. The van der Waals surface area contributed by atoms with Crippen LogP contribution < -0.4 is 10.2 Å². The highest BCUT2D eigenvalue weighted by atomic mass is 16.5. The number of aromatic nitrogens is 2. The van der Waals surface area contributed by atoms with Gasteiger partial charge in [0.25, 0.3) is 0 Å². The van der Waals surface area contributed by atoms with Crippen molar-refractivity contribution < 1.29 is 9.84 Å². The predicted molar refractivity (Wildman–Crippen MR) is 67.4 cm³/mol. The zero-order valence-electron chi connectivity index (χ0n) is 10.4. The van der Waals surface area contributed by atoms with E-state index >= 15 is 0 Å². The maximum absolute atomic E-state index is 9.03. The number of methoxy groups -OCH3 is 1. The molecule has 6 heteroatoms. The molecule has 96 valence electrons. The first kappa shape index (κ1) is 13.7. The van der Waals surface area contributed by atoms with Gasteiger partial charge in [-0.3, -0.25) is 0 Å². The minimum absolute atomic E-state index is 0.0876. The van der Waals surface area contributed by atoms with Crippen molar-refractivity contribution in [3.63, 3.8) is 0 Å². The fourth-order valence-corrected chi connectivity index (χ4v) is 1.46. The van der Waals surface area contributed by atoms with Crippen molar-refractivity contribution >= 4 is 11.6 Å². The smallest absolute Gasteiger partial charge is 0.134 e. The zero-order chi connectivity index (χ0) is 12.5. The highest BCUT2D eigenvalue weighted by Gasteiger charge is 2.08. The molecule has 0 saturated heterocycles. The van der Waals surface area contributed by atoms with Crippen molar-refractivity contribution in [1.82, 2.24) is 9.97 Å². The van der Waals surface area contributed by atoms with Gasteiger partial charge in [-0.15, -0.1) is 0 Å². The fourth-order valence-electron chi connectivity index (χ4n) is 1.46. The normalized spacial score (nSPS) is 10.3. The lowest BCUT2D eigenvalue weighted by Crippen LogP contribution is -2.31. The van der Waals surface area contributed by atoms with Crippen LogP contribution in [0.4, 0.5) is 11.6 Å². The molecular formula is C11H20N4O2. The molecule has 0 aliphatic heterocycles. The Morgan fingerprint density at radius 3 is 2.88 bits per heavy atom. The molecule has 0 saturated carbocycles. The average molecular weight is 240 g/mol. The van der Waals surface area contributed by atoms with Gasteiger partial charge in [0.15, 0.2) is 0 Å². The topological polar surface area (TPSA) is 70.5 Å². The van der Waals surface area contributed by atoms with Crippen LogP contribution in [0.2, 0.25) is 0 Å². The minimum Gasteiger partial charge on any atom is -0.395 e. The van der Waals surface area contributed by atoms with Gasteiger partial charge in [-0.25, -0.2) is 9.97 Å². The number of ether oxygens (including phenoxy) is 1. The van der Waals surface area contributed by atoms with Crippen LogP contribution >= 0.6 is 0 Å². The van der Waals surface area contributed by atoms with E-state index in [-0.39, 0.29) is 6.61 Å². The predicted octanol–water partition coefficient (Wildman–Crippen LogP) is 0.353. The van der Waals surface area contributed by atoms with Gasteiger partial charge in [-0.05, 0) is 6.92 Å². The summed E-state index contributed by atoms with van der Waals surface area (Å²) >= 11 is 0. The summed E-state index contributed by atoms with van der Waals surface area (Å²) in [7, 11) is 1.65. The molecule has 0 radical (unpaired) electrons. The summed E-state index contributed by atoms with van der Waals surface area (Å²) < 4.78 is 5.04. The Kier molecular flexibility index (Phi) is 6.27. The standard InChI is InChI=1S/C11H20N4O2/c1-3-12-10-8-11(14-9-13-10)15(4-6-16)5-7-17-2/h8-9,16H,3-7H2,1-2H3,(H,12,13,14). The van der Waals surface area contributed by atoms with Crippen LogP contribution in [0.5, 0.6) is 0 Å². The van der Waals surface area contributed by atoms with E-state index in [1.807, 2.05) is 17.9 Å². The first-order valence-corrected chi connectivity index (χ1v) is 5.72. The van der Waals surface area contributed by atoms with Crippen molar-refractivity contribution in [3.8, 4) is 0 Å². The molecule has 1 aromatic rings. The van der Waals surface area contributed by atoms with Crippen LogP contribution in [0.15, 0.2) is 12.4 Å². The van der Waals surface area contributed by atoms with Gasteiger partial charge in [0, 0.05) is 32.8 Å². The Morgan fingerprint density at radius 1 is 1.41 bits per heavy atom. The molecular weight excluding hydrogens is 220 g/mol. The molecule has 0 unspecified atom stereocenters. The number of rotatable bonds is 8. The number of anilines is 2. The zero-order valence-corrected chi connectivity index (χ0v) is 10.4. The van der Waals surface area contributed by atoms with Gasteiger partial charge in [0.2, 0.25) is 0 Å². The average Bonchev–Trinajstić information content (AvgIpc) is 2.35. The van der Waals surface area contributed by atoms with E-state index in [2.05, 4.69) is 15.3 Å². The monoisotopic (exact) mass is 240 g/mol. The molecule has 1 rings (SSSR count). The van der Waals surface area contributed by atoms with Crippen molar-refractivity contribution in [1.29, 1.82) is 0 Å². The summed E-state index contributed by atoms with van der Waals surface area (Å²) in [5.74, 6) is 1.58. The number of aliphatic hydroxyl groups excluding tert-OH is 1. The molecule has 0 bridgehead atoms. The molecule has 0 fully saturated rings. The van der Waals surface area contributed by atoms with Gasteiger partial charge in [0.05, 0.1) is 13.2 Å². The number of hydrogen-bond donors (Lipinski definition) is 2. The molecule has 0 spiro atoms. The second kappa shape index (κ2) is 7.81. The van der Waals surface area contributed by atoms with Gasteiger partial charge < -0.3 is 20.1 Å². The Bertz CT molecular complexity index is 322. The van der Waals surface area contributed by atoms with Crippen molar-refractivity contribution in [3.05, 3.63) is 12.4 Å². The summed E-state index contributed by atoms with van der Waals surface area (Å²) in [6, 6.07) is 1.87. The largest absolute Gasteiger partial charge is 0.395 e. The molecule has 0 amide bonds. The maximum atomic E-state index is 9.03. The van der Waals surface area contributed by atoms with Crippen LogP contribution in [0.3, 0.4) is 0 Å². The SMILES string of the molecule is CCNc1cc(N(CCO)CCOC)ncn1. The molecule has 0 aliphatic carbocycles.